The third-order valence-corrected chi connectivity index (χ3v) is 5.82. The quantitative estimate of drug-likeness (QED) is 0.306. The molecule has 32 heavy (non-hydrogen) atoms. The molecule has 3 atom stereocenters. The minimum Gasteiger partial charge on any atom is -0.384 e. The summed E-state index contributed by atoms with van der Waals surface area (Å²) in [7, 11) is 0. The van der Waals surface area contributed by atoms with Crippen LogP contribution >= 0.6 is 11.6 Å². The van der Waals surface area contributed by atoms with E-state index in [9.17, 15) is 14.0 Å². The molecule has 0 spiro atoms. The Balaban J connectivity index is 1.43. The number of carbonyl (C=O) groups excluding carboxylic acids is 2. The molecular formula is C23H27ClFN5O2. The van der Waals surface area contributed by atoms with Gasteiger partial charge in [-0.25, -0.2) is 4.39 Å². The smallest absolute Gasteiger partial charge is 0.242 e. The number of rotatable bonds is 8. The lowest BCUT2D eigenvalue weighted by Crippen LogP contribution is -2.49. The van der Waals surface area contributed by atoms with Crippen molar-refractivity contribution in [3.63, 3.8) is 0 Å². The van der Waals surface area contributed by atoms with Crippen LogP contribution in [0.1, 0.15) is 30.0 Å². The summed E-state index contributed by atoms with van der Waals surface area (Å²) in [6.45, 7) is 2.60. The Morgan fingerprint density at radius 3 is 2.59 bits per heavy atom. The molecule has 0 radical (unpaired) electrons. The van der Waals surface area contributed by atoms with Crippen LogP contribution in [0.15, 0.2) is 42.5 Å². The first-order chi connectivity index (χ1) is 15.2. The van der Waals surface area contributed by atoms with E-state index in [1.165, 1.54) is 6.07 Å². The monoisotopic (exact) mass is 459 g/mol. The van der Waals surface area contributed by atoms with Crippen molar-refractivity contribution in [1.82, 2.24) is 16.0 Å². The molecule has 170 valence electrons. The van der Waals surface area contributed by atoms with Crippen molar-refractivity contribution in [1.29, 1.82) is 5.41 Å². The molecule has 0 saturated carbocycles. The Hall–Kier alpha value is -2.97. The van der Waals surface area contributed by atoms with Crippen LogP contribution in [-0.2, 0) is 22.6 Å². The fourth-order valence-electron chi connectivity index (χ4n) is 3.69. The zero-order valence-electron chi connectivity index (χ0n) is 17.8. The predicted octanol–water partition coefficient (Wildman–Crippen LogP) is 2.10. The first-order valence-corrected chi connectivity index (χ1v) is 10.8. The fraction of sp³-hybridized carbons (Fsp3) is 0.348. The van der Waals surface area contributed by atoms with Crippen molar-refractivity contribution < 1.29 is 14.0 Å². The first kappa shape index (κ1) is 23.7. The molecule has 0 aliphatic carbocycles. The summed E-state index contributed by atoms with van der Waals surface area (Å²) in [6.07, 6.45) is 1.31. The van der Waals surface area contributed by atoms with Crippen LogP contribution in [0.5, 0.6) is 0 Å². The number of amides is 2. The Kier molecular flexibility index (Phi) is 7.82. The van der Waals surface area contributed by atoms with E-state index in [1.807, 2.05) is 0 Å². The van der Waals surface area contributed by atoms with Crippen molar-refractivity contribution in [2.24, 2.45) is 11.7 Å². The average Bonchev–Trinajstić information content (AvgIpc) is 3.23. The highest BCUT2D eigenvalue weighted by Gasteiger charge is 2.31. The lowest BCUT2D eigenvalue weighted by Gasteiger charge is -2.17. The molecule has 1 aliphatic rings. The summed E-state index contributed by atoms with van der Waals surface area (Å²) in [5.41, 5.74) is 7.84. The van der Waals surface area contributed by atoms with Crippen molar-refractivity contribution in [2.45, 2.75) is 38.4 Å². The normalized spacial score (nSPS) is 18.7. The van der Waals surface area contributed by atoms with Crippen LogP contribution in [0, 0.1) is 17.1 Å². The highest BCUT2D eigenvalue weighted by atomic mass is 35.5. The van der Waals surface area contributed by atoms with Gasteiger partial charge in [0, 0.05) is 12.1 Å². The van der Waals surface area contributed by atoms with Crippen molar-refractivity contribution >= 4 is 29.3 Å². The van der Waals surface area contributed by atoms with Gasteiger partial charge in [-0.05, 0) is 55.5 Å². The van der Waals surface area contributed by atoms with Crippen LogP contribution in [0.3, 0.4) is 0 Å². The second-order valence-corrected chi connectivity index (χ2v) is 8.48. The summed E-state index contributed by atoms with van der Waals surface area (Å²) in [5, 5.41) is 16.2. The van der Waals surface area contributed by atoms with Crippen molar-refractivity contribution in [3.8, 4) is 0 Å². The third kappa shape index (κ3) is 6.27. The predicted molar refractivity (Wildman–Crippen MR) is 122 cm³/mol. The number of carbonyl (C=O) groups is 2. The molecule has 0 unspecified atom stereocenters. The highest BCUT2D eigenvalue weighted by molar-refractivity contribution is 6.30. The van der Waals surface area contributed by atoms with Gasteiger partial charge in [-0.1, -0.05) is 41.9 Å². The van der Waals surface area contributed by atoms with Crippen LogP contribution in [-0.4, -0.2) is 36.3 Å². The minimum absolute atomic E-state index is 0.0128. The van der Waals surface area contributed by atoms with E-state index in [0.29, 0.717) is 31.5 Å². The van der Waals surface area contributed by atoms with Gasteiger partial charge >= 0.3 is 0 Å². The van der Waals surface area contributed by atoms with Gasteiger partial charge in [0.25, 0.3) is 0 Å². The molecule has 9 heteroatoms. The van der Waals surface area contributed by atoms with Crippen molar-refractivity contribution in [2.75, 3.05) is 6.54 Å². The van der Waals surface area contributed by atoms with Gasteiger partial charge in [-0.2, -0.15) is 0 Å². The van der Waals surface area contributed by atoms with E-state index in [-0.39, 0.29) is 34.6 Å². The van der Waals surface area contributed by atoms with E-state index in [1.54, 1.807) is 43.3 Å². The first-order valence-electron chi connectivity index (χ1n) is 10.4. The van der Waals surface area contributed by atoms with Gasteiger partial charge in [0.2, 0.25) is 11.8 Å². The number of nitrogens with one attached hydrogen (secondary N) is 4. The van der Waals surface area contributed by atoms with Crippen LogP contribution in [0.2, 0.25) is 5.02 Å². The van der Waals surface area contributed by atoms with Gasteiger partial charge in [-0.3, -0.25) is 15.0 Å². The number of nitrogens with two attached hydrogens (primary N) is 1. The molecule has 2 aromatic carbocycles. The maximum Gasteiger partial charge on any atom is 0.242 e. The van der Waals surface area contributed by atoms with Gasteiger partial charge in [0.05, 0.1) is 11.1 Å². The molecule has 1 aliphatic heterocycles. The Morgan fingerprint density at radius 1 is 1.25 bits per heavy atom. The van der Waals surface area contributed by atoms with Gasteiger partial charge in [0.15, 0.2) is 0 Å². The molecule has 2 aromatic rings. The molecule has 0 aromatic heterocycles. The summed E-state index contributed by atoms with van der Waals surface area (Å²) in [5.74, 6) is -0.754. The lowest BCUT2D eigenvalue weighted by molar-refractivity contribution is -0.129. The Labute approximate surface area is 191 Å². The maximum absolute atomic E-state index is 13.3. The molecule has 6 N–H and O–H groups in total. The summed E-state index contributed by atoms with van der Waals surface area (Å²) < 4.78 is 13.3. The average molecular weight is 460 g/mol. The topological polar surface area (TPSA) is 120 Å². The van der Waals surface area contributed by atoms with E-state index in [4.69, 9.17) is 22.7 Å². The maximum atomic E-state index is 13.3. The van der Waals surface area contributed by atoms with E-state index < -0.39 is 11.9 Å². The Morgan fingerprint density at radius 2 is 1.94 bits per heavy atom. The second-order valence-electron chi connectivity index (χ2n) is 8.07. The second kappa shape index (κ2) is 10.6. The molecule has 2 amide bonds. The molecule has 7 nitrogen and oxygen atoms in total. The van der Waals surface area contributed by atoms with Gasteiger partial charge in [-0.15, -0.1) is 0 Å². The zero-order valence-corrected chi connectivity index (χ0v) is 18.5. The third-order valence-electron chi connectivity index (χ3n) is 5.53. The molecular weight excluding hydrogens is 433 g/mol. The molecule has 1 fully saturated rings. The lowest BCUT2D eigenvalue weighted by atomic mass is 9.96. The van der Waals surface area contributed by atoms with E-state index in [2.05, 4.69) is 16.0 Å². The van der Waals surface area contributed by atoms with E-state index in [0.717, 1.165) is 11.1 Å². The standard InChI is InChI=1S/C23H27ClFN5O2/c1-13(22(31)29-11-14-2-5-17(6-3-14)21(26)27)30-23(32)20-10-16(12-28-20)8-15-4-7-19(25)18(24)9-15/h2-7,9,13,16,20,28H,8,10-12H2,1H3,(H3,26,27)(H,29,31)(H,30,32)/t13-,16-,20+/m0/s1. The van der Waals surface area contributed by atoms with Gasteiger partial charge in [0.1, 0.15) is 17.7 Å². The minimum atomic E-state index is -0.684. The van der Waals surface area contributed by atoms with Crippen LogP contribution < -0.4 is 21.7 Å². The largest absolute Gasteiger partial charge is 0.384 e. The fourth-order valence-corrected chi connectivity index (χ4v) is 3.89. The molecule has 1 heterocycles. The van der Waals surface area contributed by atoms with E-state index >= 15 is 0 Å². The summed E-state index contributed by atoms with van der Waals surface area (Å²) in [6, 6.07) is 10.6. The number of hydrogen-bond acceptors (Lipinski definition) is 4. The Bertz CT molecular complexity index is 998. The number of benzene rings is 2. The van der Waals surface area contributed by atoms with Crippen LogP contribution in [0.25, 0.3) is 0 Å². The summed E-state index contributed by atoms with van der Waals surface area (Å²) in [4.78, 5) is 24.9. The number of hydrogen-bond donors (Lipinski definition) is 5. The molecule has 0 bridgehead atoms. The number of amidine groups is 1. The van der Waals surface area contributed by atoms with Gasteiger partial charge < -0.3 is 21.7 Å². The number of halogens is 2. The van der Waals surface area contributed by atoms with Crippen LogP contribution in [0.4, 0.5) is 4.39 Å². The van der Waals surface area contributed by atoms with Crippen molar-refractivity contribution in [3.05, 3.63) is 70.0 Å². The SMILES string of the molecule is C[C@H](NC(=O)[C@H]1C[C@H](Cc2ccc(F)c(Cl)c2)CN1)C(=O)NCc1ccc(C(=N)N)cc1. The zero-order chi connectivity index (χ0) is 23.3. The highest BCUT2D eigenvalue weighted by Crippen LogP contribution is 2.23. The number of nitrogen functional groups attached to an aromatic ring is 1. The molecule has 1 saturated heterocycles. The summed E-state index contributed by atoms with van der Waals surface area (Å²) >= 11 is 5.84. The molecule has 3 rings (SSSR count).